The molecule has 2 N–H and O–H groups in total. The molecule has 1 saturated heterocycles. The number of nitrogen functional groups attached to an aromatic ring is 1. The van der Waals surface area contributed by atoms with E-state index in [4.69, 9.17) is 23.8 Å². The van der Waals surface area contributed by atoms with Crippen LogP contribution in [0.2, 0.25) is 5.02 Å². The maximum atomic E-state index is 12.6. The van der Waals surface area contributed by atoms with Gasteiger partial charge in [-0.25, -0.2) is 8.42 Å². The van der Waals surface area contributed by atoms with Crippen molar-refractivity contribution in [2.75, 3.05) is 23.8 Å². The summed E-state index contributed by atoms with van der Waals surface area (Å²) in [5.41, 5.74) is 6.22. The Labute approximate surface area is 129 Å². The molecule has 1 aliphatic rings. The second-order valence-corrected chi connectivity index (χ2v) is 7.51. The minimum atomic E-state index is -3.11. The van der Waals surface area contributed by atoms with Gasteiger partial charge in [0.25, 0.3) is 5.91 Å². The van der Waals surface area contributed by atoms with Crippen molar-refractivity contribution in [2.24, 2.45) is 0 Å². The van der Waals surface area contributed by atoms with Crippen LogP contribution in [0.4, 0.5) is 5.69 Å². The third-order valence-electron chi connectivity index (χ3n) is 3.43. The van der Waals surface area contributed by atoms with Crippen LogP contribution in [-0.2, 0) is 9.84 Å². The zero-order valence-electron chi connectivity index (χ0n) is 11.3. The van der Waals surface area contributed by atoms with Gasteiger partial charge in [-0.1, -0.05) is 23.6 Å². The number of terminal acetylenes is 1. The summed E-state index contributed by atoms with van der Waals surface area (Å²) in [4.78, 5) is 14.0. The quantitative estimate of drug-likeness (QED) is 0.668. The van der Waals surface area contributed by atoms with Gasteiger partial charge in [0.15, 0.2) is 9.84 Å². The monoisotopic (exact) mass is 326 g/mol. The number of halogens is 1. The summed E-state index contributed by atoms with van der Waals surface area (Å²) in [6.45, 7) is 0.0319. The summed E-state index contributed by atoms with van der Waals surface area (Å²) < 4.78 is 23.2. The van der Waals surface area contributed by atoms with Crippen molar-refractivity contribution in [3.8, 4) is 12.3 Å². The van der Waals surface area contributed by atoms with Crippen molar-refractivity contribution in [1.82, 2.24) is 4.90 Å². The topological polar surface area (TPSA) is 80.5 Å². The van der Waals surface area contributed by atoms with Crippen LogP contribution in [0.5, 0.6) is 0 Å². The van der Waals surface area contributed by atoms with E-state index in [0.29, 0.717) is 12.1 Å². The average molecular weight is 327 g/mol. The SMILES string of the molecule is C#CCN(C(=O)c1cccc(N)c1Cl)C1CCS(=O)(=O)C1. The van der Waals surface area contributed by atoms with E-state index >= 15 is 0 Å². The molecule has 1 atom stereocenters. The average Bonchev–Trinajstić information content (AvgIpc) is 2.78. The van der Waals surface area contributed by atoms with E-state index in [0.717, 1.165) is 0 Å². The summed E-state index contributed by atoms with van der Waals surface area (Å²) in [5.74, 6) is 1.99. The first-order chi connectivity index (χ1) is 9.85. The fraction of sp³-hybridized carbons (Fsp3) is 0.357. The van der Waals surface area contributed by atoms with Crippen LogP contribution in [0.3, 0.4) is 0 Å². The molecule has 1 unspecified atom stereocenters. The van der Waals surface area contributed by atoms with Gasteiger partial charge in [0, 0.05) is 6.04 Å². The minimum absolute atomic E-state index is 0.0319. The molecule has 1 amide bonds. The fourth-order valence-electron chi connectivity index (χ4n) is 2.36. The molecule has 2 rings (SSSR count). The molecular formula is C14H15ClN2O3S. The van der Waals surface area contributed by atoms with E-state index in [9.17, 15) is 13.2 Å². The number of anilines is 1. The van der Waals surface area contributed by atoms with Gasteiger partial charge in [0.2, 0.25) is 0 Å². The van der Waals surface area contributed by atoms with Crippen LogP contribution >= 0.6 is 11.6 Å². The number of rotatable bonds is 3. The minimum Gasteiger partial charge on any atom is -0.398 e. The molecule has 5 nitrogen and oxygen atoms in total. The molecule has 21 heavy (non-hydrogen) atoms. The molecule has 1 aromatic rings. The Kier molecular flexibility index (Phi) is 4.45. The Morgan fingerprint density at radius 3 is 2.81 bits per heavy atom. The zero-order chi connectivity index (χ0) is 15.6. The highest BCUT2D eigenvalue weighted by Crippen LogP contribution is 2.26. The number of carbonyl (C=O) groups is 1. The van der Waals surface area contributed by atoms with Gasteiger partial charge in [-0.05, 0) is 18.6 Å². The van der Waals surface area contributed by atoms with Crippen molar-refractivity contribution < 1.29 is 13.2 Å². The highest BCUT2D eigenvalue weighted by molar-refractivity contribution is 7.91. The Morgan fingerprint density at radius 2 is 2.24 bits per heavy atom. The van der Waals surface area contributed by atoms with Crippen LogP contribution < -0.4 is 5.73 Å². The van der Waals surface area contributed by atoms with Crippen LogP contribution in [0, 0.1) is 12.3 Å². The maximum Gasteiger partial charge on any atom is 0.256 e. The van der Waals surface area contributed by atoms with Gasteiger partial charge in [-0.2, -0.15) is 0 Å². The molecule has 0 aromatic heterocycles. The van der Waals surface area contributed by atoms with E-state index in [2.05, 4.69) is 5.92 Å². The summed E-state index contributed by atoms with van der Waals surface area (Å²) >= 11 is 6.05. The highest BCUT2D eigenvalue weighted by atomic mass is 35.5. The van der Waals surface area contributed by atoms with E-state index in [1.807, 2.05) is 0 Å². The molecule has 7 heteroatoms. The fourth-order valence-corrected chi connectivity index (χ4v) is 4.29. The molecule has 1 heterocycles. The summed E-state index contributed by atoms with van der Waals surface area (Å²) in [5, 5.41) is 0.158. The predicted octanol–water partition coefficient (Wildman–Crippen LogP) is 1.18. The van der Waals surface area contributed by atoms with Crippen LogP contribution in [0.1, 0.15) is 16.8 Å². The molecule has 0 spiro atoms. The number of sulfone groups is 1. The molecule has 1 fully saturated rings. The van der Waals surface area contributed by atoms with E-state index < -0.39 is 21.8 Å². The smallest absolute Gasteiger partial charge is 0.256 e. The molecular weight excluding hydrogens is 312 g/mol. The lowest BCUT2D eigenvalue weighted by Gasteiger charge is -2.26. The molecule has 0 saturated carbocycles. The van der Waals surface area contributed by atoms with Gasteiger partial charge in [0.05, 0.1) is 34.3 Å². The molecule has 0 aliphatic carbocycles. The third kappa shape index (κ3) is 3.31. The highest BCUT2D eigenvalue weighted by Gasteiger charge is 2.35. The van der Waals surface area contributed by atoms with Gasteiger partial charge < -0.3 is 10.6 Å². The van der Waals surface area contributed by atoms with E-state index in [1.165, 1.54) is 4.90 Å². The molecule has 0 bridgehead atoms. The number of benzene rings is 1. The van der Waals surface area contributed by atoms with Crippen molar-refractivity contribution in [2.45, 2.75) is 12.5 Å². The number of hydrogen-bond acceptors (Lipinski definition) is 4. The summed E-state index contributed by atoms with van der Waals surface area (Å²) in [6, 6.07) is 4.34. The Balaban J connectivity index is 2.33. The maximum absolute atomic E-state index is 12.6. The first-order valence-electron chi connectivity index (χ1n) is 6.34. The molecule has 0 radical (unpaired) electrons. The standard InChI is InChI=1S/C14H15ClN2O3S/c1-2-7-17(10-6-8-21(19,20)9-10)14(18)11-4-3-5-12(16)13(11)15/h1,3-5,10H,6-9,16H2. The van der Waals surface area contributed by atoms with Crippen molar-refractivity contribution in [3.63, 3.8) is 0 Å². The number of nitrogens with two attached hydrogens (primary N) is 1. The first-order valence-corrected chi connectivity index (χ1v) is 8.54. The molecule has 1 aliphatic heterocycles. The number of hydrogen-bond donors (Lipinski definition) is 1. The lowest BCUT2D eigenvalue weighted by molar-refractivity contribution is 0.0724. The van der Waals surface area contributed by atoms with Crippen LogP contribution in [-0.4, -0.2) is 43.3 Å². The zero-order valence-corrected chi connectivity index (χ0v) is 12.8. The van der Waals surface area contributed by atoms with Gasteiger partial charge in [-0.15, -0.1) is 6.42 Å². The number of amides is 1. The summed E-state index contributed by atoms with van der Waals surface area (Å²) in [6.07, 6.45) is 5.68. The number of carbonyl (C=O) groups excluding carboxylic acids is 1. The lowest BCUT2D eigenvalue weighted by Crippen LogP contribution is -2.41. The lowest BCUT2D eigenvalue weighted by atomic mass is 10.1. The third-order valence-corrected chi connectivity index (χ3v) is 5.60. The first kappa shape index (κ1) is 15.7. The van der Waals surface area contributed by atoms with Crippen molar-refractivity contribution in [3.05, 3.63) is 28.8 Å². The Hall–Kier alpha value is -1.71. The molecule has 112 valence electrons. The predicted molar refractivity (Wildman–Crippen MR) is 82.8 cm³/mol. The normalized spacial score (nSPS) is 19.9. The van der Waals surface area contributed by atoms with Gasteiger partial charge in [-0.3, -0.25) is 4.79 Å². The Bertz CT molecular complexity index is 709. The molecule has 1 aromatic carbocycles. The van der Waals surface area contributed by atoms with Crippen LogP contribution in [0.15, 0.2) is 18.2 Å². The largest absolute Gasteiger partial charge is 0.398 e. The second kappa shape index (κ2) is 5.96. The van der Waals surface area contributed by atoms with Gasteiger partial charge in [0.1, 0.15) is 0 Å². The summed E-state index contributed by atoms with van der Waals surface area (Å²) in [7, 11) is -3.11. The second-order valence-electron chi connectivity index (χ2n) is 4.90. The van der Waals surface area contributed by atoms with Crippen molar-refractivity contribution in [1.29, 1.82) is 0 Å². The number of nitrogens with zero attached hydrogens (tertiary/aromatic N) is 1. The van der Waals surface area contributed by atoms with Crippen molar-refractivity contribution >= 4 is 33.0 Å². The van der Waals surface area contributed by atoms with E-state index in [1.54, 1.807) is 18.2 Å². The Morgan fingerprint density at radius 1 is 1.52 bits per heavy atom. The van der Waals surface area contributed by atoms with E-state index in [-0.39, 0.29) is 28.6 Å². The van der Waals surface area contributed by atoms with Gasteiger partial charge >= 0.3 is 0 Å². The van der Waals surface area contributed by atoms with Crippen LogP contribution in [0.25, 0.3) is 0 Å².